The zero-order valence-corrected chi connectivity index (χ0v) is 14.6. The van der Waals surface area contributed by atoms with Crippen LogP contribution in [0.15, 0.2) is 73.1 Å². The van der Waals surface area contributed by atoms with Gasteiger partial charge < -0.3 is 19.7 Å². The van der Waals surface area contributed by atoms with Gasteiger partial charge in [0.1, 0.15) is 5.75 Å². The maximum absolute atomic E-state index is 12.2. The number of aromatic nitrogens is 1. The molecule has 3 aromatic rings. The van der Waals surface area contributed by atoms with Gasteiger partial charge in [-0.2, -0.15) is 0 Å². The van der Waals surface area contributed by atoms with E-state index in [-0.39, 0.29) is 18.2 Å². The highest BCUT2D eigenvalue weighted by atomic mass is 19.4. The van der Waals surface area contributed by atoms with Gasteiger partial charge in [-0.3, -0.25) is 4.79 Å². The summed E-state index contributed by atoms with van der Waals surface area (Å²) in [6, 6.07) is 15.5. The molecule has 8 heteroatoms. The highest BCUT2D eigenvalue weighted by Gasteiger charge is 2.31. The van der Waals surface area contributed by atoms with Crippen molar-refractivity contribution in [2.24, 2.45) is 0 Å². The van der Waals surface area contributed by atoms with Gasteiger partial charge in [0.05, 0.1) is 6.10 Å². The van der Waals surface area contributed by atoms with Crippen LogP contribution in [0.3, 0.4) is 0 Å². The van der Waals surface area contributed by atoms with Crippen LogP contribution >= 0.6 is 0 Å². The third kappa shape index (κ3) is 5.14. The quantitative estimate of drug-likeness (QED) is 0.672. The number of rotatable bonds is 6. The molecule has 1 amide bonds. The molecule has 0 bridgehead atoms. The Balaban J connectivity index is 1.55. The molecule has 0 aliphatic heterocycles. The number of carbonyl (C=O) groups is 1. The number of ether oxygens (including phenoxy) is 1. The van der Waals surface area contributed by atoms with Crippen LogP contribution in [0, 0.1) is 0 Å². The van der Waals surface area contributed by atoms with Crippen LogP contribution < -0.4 is 10.1 Å². The third-order valence-electron chi connectivity index (χ3n) is 3.99. The van der Waals surface area contributed by atoms with Crippen molar-refractivity contribution < 1.29 is 27.8 Å². The van der Waals surface area contributed by atoms with E-state index in [4.69, 9.17) is 0 Å². The van der Waals surface area contributed by atoms with Gasteiger partial charge in [0.15, 0.2) is 0 Å². The summed E-state index contributed by atoms with van der Waals surface area (Å²) in [4.78, 5) is 12.2. The lowest BCUT2D eigenvalue weighted by molar-refractivity contribution is -0.274. The van der Waals surface area contributed by atoms with Gasteiger partial charge in [-0.15, -0.1) is 13.2 Å². The molecule has 0 saturated heterocycles. The molecule has 2 aromatic carbocycles. The Bertz CT molecular complexity index is 905. The number of amides is 1. The standard InChI is InChI=1S/C20H17F3N2O3/c21-20(22,23)28-17-9-5-14(6-10-17)18(26)13-24-19(27)15-3-7-16(8-4-15)25-11-1-2-12-25/h1-12,18,26H,13H2,(H,24,27). The minimum atomic E-state index is -4.77. The van der Waals surface area contributed by atoms with Crippen LogP contribution in [-0.4, -0.2) is 28.5 Å². The lowest BCUT2D eigenvalue weighted by atomic mass is 10.1. The molecule has 0 aliphatic carbocycles. The van der Waals surface area contributed by atoms with E-state index in [1.165, 1.54) is 12.1 Å². The lowest BCUT2D eigenvalue weighted by Gasteiger charge is -2.14. The molecule has 2 N–H and O–H groups in total. The third-order valence-corrected chi connectivity index (χ3v) is 3.99. The van der Waals surface area contributed by atoms with Crippen LogP contribution in [0.5, 0.6) is 5.75 Å². The van der Waals surface area contributed by atoms with Crippen molar-refractivity contribution in [1.82, 2.24) is 9.88 Å². The second kappa shape index (κ2) is 8.18. The topological polar surface area (TPSA) is 63.5 Å². The van der Waals surface area contributed by atoms with E-state index in [0.29, 0.717) is 11.1 Å². The number of carbonyl (C=O) groups excluding carboxylic acids is 1. The zero-order valence-electron chi connectivity index (χ0n) is 14.6. The molecule has 5 nitrogen and oxygen atoms in total. The minimum Gasteiger partial charge on any atom is -0.406 e. The first-order valence-corrected chi connectivity index (χ1v) is 8.37. The summed E-state index contributed by atoms with van der Waals surface area (Å²) in [5.41, 5.74) is 1.69. The number of hydrogen-bond donors (Lipinski definition) is 2. The Morgan fingerprint density at radius 1 is 1.04 bits per heavy atom. The first kappa shape index (κ1) is 19.5. The summed E-state index contributed by atoms with van der Waals surface area (Å²) in [6.07, 6.45) is -2.07. The van der Waals surface area contributed by atoms with Crippen molar-refractivity contribution >= 4 is 5.91 Å². The average molecular weight is 390 g/mol. The molecule has 0 aliphatic rings. The molecule has 1 unspecified atom stereocenters. The van der Waals surface area contributed by atoms with Gasteiger partial charge in [-0.05, 0) is 54.1 Å². The van der Waals surface area contributed by atoms with Crippen molar-refractivity contribution in [3.8, 4) is 11.4 Å². The lowest BCUT2D eigenvalue weighted by Crippen LogP contribution is -2.28. The second-order valence-electron chi connectivity index (χ2n) is 5.98. The molecule has 0 spiro atoms. The molecular formula is C20H17F3N2O3. The van der Waals surface area contributed by atoms with Crippen LogP contribution in [0.25, 0.3) is 5.69 Å². The van der Waals surface area contributed by atoms with Crippen LogP contribution in [-0.2, 0) is 0 Å². The Morgan fingerprint density at radius 3 is 2.21 bits per heavy atom. The predicted octanol–water partition coefficient (Wildman–Crippen LogP) is 3.84. The van der Waals surface area contributed by atoms with Gasteiger partial charge in [-0.25, -0.2) is 0 Å². The Kier molecular flexibility index (Phi) is 5.70. The number of aliphatic hydroxyl groups is 1. The number of hydrogen-bond acceptors (Lipinski definition) is 3. The summed E-state index contributed by atoms with van der Waals surface area (Å²) in [7, 11) is 0. The molecule has 146 valence electrons. The summed E-state index contributed by atoms with van der Waals surface area (Å²) >= 11 is 0. The molecule has 1 heterocycles. The fraction of sp³-hybridized carbons (Fsp3) is 0.150. The highest BCUT2D eigenvalue weighted by Crippen LogP contribution is 2.24. The van der Waals surface area contributed by atoms with Crippen LogP contribution in [0.4, 0.5) is 13.2 Å². The number of benzene rings is 2. The number of aliphatic hydroxyl groups excluding tert-OH is 1. The number of alkyl halides is 3. The smallest absolute Gasteiger partial charge is 0.406 e. The molecule has 0 saturated carbocycles. The fourth-order valence-electron chi connectivity index (χ4n) is 2.59. The summed E-state index contributed by atoms with van der Waals surface area (Å²) < 4.78 is 42.1. The van der Waals surface area contributed by atoms with E-state index in [2.05, 4.69) is 10.1 Å². The van der Waals surface area contributed by atoms with Crippen molar-refractivity contribution in [3.05, 3.63) is 84.2 Å². The fourth-order valence-corrected chi connectivity index (χ4v) is 2.59. The number of nitrogens with one attached hydrogen (secondary N) is 1. The Hall–Kier alpha value is -3.26. The highest BCUT2D eigenvalue weighted by molar-refractivity contribution is 5.94. The largest absolute Gasteiger partial charge is 0.573 e. The Morgan fingerprint density at radius 2 is 1.64 bits per heavy atom. The van der Waals surface area contributed by atoms with Gasteiger partial charge >= 0.3 is 6.36 Å². The zero-order chi connectivity index (χ0) is 20.1. The molecular weight excluding hydrogens is 373 g/mol. The molecule has 0 radical (unpaired) electrons. The van der Waals surface area contributed by atoms with Gasteiger partial charge in [0.25, 0.3) is 5.91 Å². The van der Waals surface area contributed by atoms with Crippen molar-refractivity contribution in [1.29, 1.82) is 0 Å². The summed E-state index contributed by atoms with van der Waals surface area (Å²) in [5, 5.41) is 12.7. The SMILES string of the molecule is O=C(NCC(O)c1ccc(OC(F)(F)F)cc1)c1ccc(-n2cccc2)cc1. The first-order chi connectivity index (χ1) is 13.3. The van der Waals surface area contributed by atoms with E-state index in [1.807, 2.05) is 29.1 Å². The van der Waals surface area contributed by atoms with E-state index in [9.17, 15) is 23.1 Å². The van der Waals surface area contributed by atoms with Gasteiger partial charge in [0, 0.05) is 30.2 Å². The molecule has 1 atom stereocenters. The minimum absolute atomic E-state index is 0.0857. The van der Waals surface area contributed by atoms with Crippen LogP contribution in [0.2, 0.25) is 0 Å². The molecule has 0 fully saturated rings. The monoisotopic (exact) mass is 390 g/mol. The number of halogens is 3. The maximum atomic E-state index is 12.2. The normalized spacial score (nSPS) is 12.4. The Labute approximate surface area is 159 Å². The molecule has 1 aromatic heterocycles. The first-order valence-electron chi connectivity index (χ1n) is 8.37. The van der Waals surface area contributed by atoms with Crippen molar-refractivity contribution in [2.45, 2.75) is 12.5 Å². The van der Waals surface area contributed by atoms with E-state index in [0.717, 1.165) is 17.8 Å². The van der Waals surface area contributed by atoms with Crippen LogP contribution in [0.1, 0.15) is 22.0 Å². The van der Waals surface area contributed by atoms with Crippen molar-refractivity contribution in [2.75, 3.05) is 6.54 Å². The van der Waals surface area contributed by atoms with Gasteiger partial charge in [-0.1, -0.05) is 12.1 Å². The van der Waals surface area contributed by atoms with E-state index >= 15 is 0 Å². The number of nitrogens with zero attached hydrogens (tertiary/aromatic N) is 1. The van der Waals surface area contributed by atoms with Crippen molar-refractivity contribution in [3.63, 3.8) is 0 Å². The predicted molar refractivity (Wildman–Crippen MR) is 96.2 cm³/mol. The summed E-state index contributed by atoms with van der Waals surface area (Å²) in [6.45, 7) is -0.0857. The molecule has 28 heavy (non-hydrogen) atoms. The molecule has 3 rings (SSSR count). The second-order valence-corrected chi connectivity index (χ2v) is 5.98. The van der Waals surface area contributed by atoms with E-state index < -0.39 is 12.5 Å². The average Bonchev–Trinajstić information content (AvgIpc) is 3.20. The maximum Gasteiger partial charge on any atom is 0.573 e. The van der Waals surface area contributed by atoms with E-state index in [1.54, 1.807) is 24.3 Å². The summed E-state index contributed by atoms with van der Waals surface area (Å²) in [5.74, 6) is -0.745. The van der Waals surface area contributed by atoms with Gasteiger partial charge in [0.2, 0.25) is 0 Å².